The standard InChI is InChI=1S/C23H19ClN2O3S/c1-14-5-8-16(12-18(14)24)25-21-20(19-4-3-11-30-19)22(27)26(23(21)28)13-15-6-9-17(29-2)10-7-15/h3-12,25H,13H2,1-2H3. The Morgan fingerprint density at radius 1 is 1.07 bits per heavy atom. The molecule has 0 radical (unpaired) electrons. The molecule has 0 fully saturated rings. The van der Waals surface area contributed by atoms with Gasteiger partial charge in [-0.05, 0) is 53.8 Å². The molecule has 0 unspecified atom stereocenters. The van der Waals surface area contributed by atoms with Gasteiger partial charge in [0.05, 0.1) is 19.2 Å². The van der Waals surface area contributed by atoms with E-state index in [9.17, 15) is 9.59 Å². The largest absolute Gasteiger partial charge is 0.497 e. The zero-order chi connectivity index (χ0) is 21.3. The molecule has 5 nitrogen and oxygen atoms in total. The lowest BCUT2D eigenvalue weighted by atomic mass is 10.1. The van der Waals surface area contributed by atoms with Crippen LogP contribution >= 0.6 is 22.9 Å². The molecule has 2 amide bonds. The van der Waals surface area contributed by atoms with Crippen LogP contribution in [0, 0.1) is 6.92 Å². The van der Waals surface area contributed by atoms with Gasteiger partial charge in [-0.15, -0.1) is 11.3 Å². The first kappa shape index (κ1) is 20.2. The number of rotatable bonds is 6. The normalized spacial score (nSPS) is 13.9. The molecular weight excluding hydrogens is 420 g/mol. The SMILES string of the molecule is COc1ccc(CN2C(=O)C(Nc3ccc(C)c(Cl)c3)=C(c3cccs3)C2=O)cc1. The summed E-state index contributed by atoms with van der Waals surface area (Å²) in [6.45, 7) is 2.08. The summed E-state index contributed by atoms with van der Waals surface area (Å²) in [6.07, 6.45) is 0. The molecule has 1 aromatic heterocycles. The number of aryl methyl sites for hydroxylation is 1. The highest BCUT2D eigenvalue weighted by molar-refractivity contribution is 7.11. The van der Waals surface area contributed by atoms with Crippen molar-refractivity contribution >= 4 is 46.0 Å². The van der Waals surface area contributed by atoms with Crippen LogP contribution in [0.2, 0.25) is 5.02 Å². The number of imide groups is 1. The zero-order valence-electron chi connectivity index (χ0n) is 16.4. The number of nitrogens with zero attached hydrogens (tertiary/aromatic N) is 1. The van der Waals surface area contributed by atoms with E-state index in [1.54, 1.807) is 25.3 Å². The van der Waals surface area contributed by atoms with E-state index in [1.165, 1.54) is 16.2 Å². The summed E-state index contributed by atoms with van der Waals surface area (Å²) in [5, 5.41) is 5.60. The molecule has 3 aromatic rings. The minimum atomic E-state index is -0.365. The molecule has 0 spiro atoms. The maximum atomic E-state index is 13.2. The van der Waals surface area contributed by atoms with Crippen LogP contribution in [0.5, 0.6) is 5.75 Å². The molecule has 0 bridgehead atoms. The number of carbonyl (C=O) groups excluding carboxylic acids is 2. The summed E-state index contributed by atoms with van der Waals surface area (Å²) < 4.78 is 5.17. The van der Waals surface area contributed by atoms with Gasteiger partial charge < -0.3 is 10.1 Å². The highest BCUT2D eigenvalue weighted by atomic mass is 35.5. The highest BCUT2D eigenvalue weighted by Gasteiger charge is 2.39. The number of benzene rings is 2. The second kappa shape index (κ2) is 8.34. The summed E-state index contributed by atoms with van der Waals surface area (Å²) >= 11 is 7.65. The highest BCUT2D eigenvalue weighted by Crippen LogP contribution is 2.34. The molecule has 7 heteroatoms. The zero-order valence-corrected chi connectivity index (χ0v) is 18.0. The number of thiophene rings is 1. The minimum Gasteiger partial charge on any atom is -0.497 e. The number of amides is 2. The van der Waals surface area contributed by atoms with Crippen LogP contribution in [0.3, 0.4) is 0 Å². The predicted molar refractivity (Wildman–Crippen MR) is 120 cm³/mol. The van der Waals surface area contributed by atoms with E-state index in [0.29, 0.717) is 22.0 Å². The number of carbonyl (C=O) groups is 2. The Hall–Kier alpha value is -3.09. The minimum absolute atomic E-state index is 0.177. The molecule has 0 atom stereocenters. The van der Waals surface area contributed by atoms with Crippen LogP contribution in [-0.4, -0.2) is 23.8 Å². The van der Waals surface area contributed by atoms with E-state index in [0.717, 1.165) is 16.0 Å². The Kier molecular flexibility index (Phi) is 5.61. The van der Waals surface area contributed by atoms with Crippen molar-refractivity contribution in [2.24, 2.45) is 0 Å². The molecule has 152 valence electrons. The third-order valence-corrected chi connectivity index (χ3v) is 6.17. The Morgan fingerprint density at radius 3 is 2.47 bits per heavy atom. The first-order chi connectivity index (χ1) is 14.5. The molecule has 1 aliphatic heterocycles. The van der Waals surface area contributed by atoms with Crippen molar-refractivity contribution in [3.63, 3.8) is 0 Å². The summed E-state index contributed by atoms with van der Waals surface area (Å²) in [4.78, 5) is 28.5. The van der Waals surface area contributed by atoms with Gasteiger partial charge in [0.2, 0.25) is 0 Å². The van der Waals surface area contributed by atoms with Crippen LogP contribution in [0.25, 0.3) is 5.57 Å². The number of hydrogen-bond acceptors (Lipinski definition) is 5. The Labute approximate surface area is 183 Å². The summed E-state index contributed by atoms with van der Waals surface area (Å²) in [7, 11) is 1.59. The van der Waals surface area contributed by atoms with Crippen molar-refractivity contribution in [3.8, 4) is 5.75 Å². The fourth-order valence-corrected chi connectivity index (χ4v) is 4.16. The van der Waals surface area contributed by atoms with Gasteiger partial charge in [-0.3, -0.25) is 14.5 Å². The molecule has 1 N–H and O–H groups in total. The predicted octanol–water partition coefficient (Wildman–Crippen LogP) is 5.11. The van der Waals surface area contributed by atoms with E-state index < -0.39 is 0 Å². The average molecular weight is 439 g/mol. The van der Waals surface area contributed by atoms with Gasteiger partial charge in [-0.2, -0.15) is 0 Å². The monoisotopic (exact) mass is 438 g/mol. The third kappa shape index (κ3) is 3.84. The fraction of sp³-hybridized carbons (Fsp3) is 0.130. The first-order valence-corrected chi connectivity index (χ1v) is 10.5. The molecule has 2 heterocycles. The van der Waals surface area contributed by atoms with Gasteiger partial charge >= 0.3 is 0 Å². The van der Waals surface area contributed by atoms with Gasteiger partial charge in [-0.25, -0.2) is 0 Å². The van der Waals surface area contributed by atoms with E-state index in [2.05, 4.69) is 5.32 Å². The average Bonchev–Trinajstić information content (AvgIpc) is 3.34. The molecular formula is C23H19ClN2O3S. The van der Waals surface area contributed by atoms with Crippen molar-refractivity contribution in [3.05, 3.63) is 86.7 Å². The summed E-state index contributed by atoms with van der Waals surface area (Å²) in [5.41, 5.74) is 3.06. The lowest BCUT2D eigenvalue weighted by Crippen LogP contribution is -2.31. The Balaban J connectivity index is 1.68. The lowest BCUT2D eigenvalue weighted by Gasteiger charge is -2.16. The molecule has 2 aromatic carbocycles. The lowest BCUT2D eigenvalue weighted by molar-refractivity contribution is -0.137. The van der Waals surface area contributed by atoms with Gasteiger partial charge in [0.1, 0.15) is 11.4 Å². The number of anilines is 1. The van der Waals surface area contributed by atoms with Crippen LogP contribution in [-0.2, 0) is 16.1 Å². The second-order valence-corrected chi connectivity index (χ2v) is 8.22. The quantitative estimate of drug-likeness (QED) is 0.543. The summed E-state index contributed by atoms with van der Waals surface area (Å²) in [6, 6.07) is 16.5. The van der Waals surface area contributed by atoms with Gasteiger partial charge in [0.15, 0.2) is 0 Å². The molecule has 4 rings (SSSR count). The number of hydrogen-bond donors (Lipinski definition) is 1. The molecule has 30 heavy (non-hydrogen) atoms. The maximum absolute atomic E-state index is 13.2. The van der Waals surface area contributed by atoms with Crippen molar-refractivity contribution in [1.82, 2.24) is 4.90 Å². The number of ether oxygens (including phenoxy) is 1. The molecule has 1 aliphatic rings. The summed E-state index contributed by atoms with van der Waals surface area (Å²) in [5.74, 6) is 0.0312. The third-order valence-electron chi connectivity index (χ3n) is 4.88. The van der Waals surface area contributed by atoms with Crippen LogP contribution in [0.1, 0.15) is 16.0 Å². The van der Waals surface area contributed by atoms with E-state index in [-0.39, 0.29) is 24.1 Å². The number of halogens is 1. The van der Waals surface area contributed by atoms with Crippen molar-refractivity contribution in [1.29, 1.82) is 0 Å². The van der Waals surface area contributed by atoms with Crippen LogP contribution in [0.15, 0.2) is 65.7 Å². The van der Waals surface area contributed by atoms with Gasteiger partial charge in [-0.1, -0.05) is 35.9 Å². The maximum Gasteiger partial charge on any atom is 0.278 e. The number of methoxy groups -OCH3 is 1. The molecule has 0 saturated carbocycles. The van der Waals surface area contributed by atoms with Crippen molar-refractivity contribution in [2.75, 3.05) is 12.4 Å². The van der Waals surface area contributed by atoms with Crippen LogP contribution in [0.4, 0.5) is 5.69 Å². The van der Waals surface area contributed by atoms with Crippen LogP contribution < -0.4 is 10.1 Å². The van der Waals surface area contributed by atoms with E-state index >= 15 is 0 Å². The van der Waals surface area contributed by atoms with Crippen molar-refractivity contribution < 1.29 is 14.3 Å². The van der Waals surface area contributed by atoms with Gasteiger partial charge in [0, 0.05) is 15.6 Å². The molecule has 0 saturated heterocycles. The first-order valence-electron chi connectivity index (χ1n) is 9.28. The second-order valence-electron chi connectivity index (χ2n) is 6.86. The number of nitrogens with one attached hydrogen (secondary N) is 1. The topological polar surface area (TPSA) is 58.6 Å². The fourth-order valence-electron chi connectivity index (χ4n) is 3.21. The Bertz CT molecular complexity index is 1140. The Morgan fingerprint density at radius 2 is 1.83 bits per heavy atom. The van der Waals surface area contributed by atoms with Gasteiger partial charge in [0.25, 0.3) is 11.8 Å². The van der Waals surface area contributed by atoms with Crippen molar-refractivity contribution in [2.45, 2.75) is 13.5 Å². The van der Waals surface area contributed by atoms with E-state index in [4.69, 9.17) is 16.3 Å². The van der Waals surface area contributed by atoms with E-state index in [1.807, 2.05) is 48.7 Å². The smallest absolute Gasteiger partial charge is 0.278 e. The molecule has 0 aliphatic carbocycles.